The third-order valence-corrected chi connectivity index (χ3v) is 4.99. The molecule has 0 aliphatic heterocycles. The van der Waals surface area contributed by atoms with Crippen molar-refractivity contribution in [3.8, 4) is 0 Å². The average Bonchev–Trinajstić information content (AvgIpc) is 2.68. The largest absolute Gasteiger partial charge is 0.303 e. The van der Waals surface area contributed by atoms with E-state index in [0.29, 0.717) is 0 Å². The Morgan fingerprint density at radius 1 is 0.808 bits per heavy atom. The molecule has 1 aromatic carbocycles. The Balaban J connectivity index is 0.000000531. The second kappa shape index (κ2) is 19.0. The molecule has 0 amide bonds. The van der Waals surface area contributed by atoms with Crippen LogP contribution in [0.4, 0.5) is 0 Å². The Bertz CT molecular complexity index is 380. The number of hydrogen-bond donors (Lipinski definition) is 0. The zero-order valence-corrected chi connectivity index (χ0v) is 18.3. The molecule has 0 aliphatic rings. The Labute approximate surface area is 168 Å². The van der Waals surface area contributed by atoms with Crippen molar-refractivity contribution in [3.05, 3.63) is 48.6 Å². The van der Waals surface area contributed by atoms with Crippen LogP contribution < -0.4 is 0 Å². The molecular weight excluding hydrogens is 338 g/mol. The van der Waals surface area contributed by atoms with Crippen molar-refractivity contribution in [2.75, 3.05) is 19.6 Å². The van der Waals surface area contributed by atoms with E-state index in [-0.39, 0.29) is 5.38 Å². The van der Waals surface area contributed by atoms with Crippen LogP contribution in [0.5, 0.6) is 0 Å². The first kappa shape index (κ1) is 25.2. The van der Waals surface area contributed by atoms with E-state index in [1.54, 1.807) is 6.08 Å². The van der Waals surface area contributed by atoms with E-state index in [2.05, 4.69) is 32.3 Å². The Morgan fingerprint density at radius 2 is 1.23 bits per heavy atom. The Morgan fingerprint density at radius 3 is 1.58 bits per heavy atom. The third kappa shape index (κ3) is 14.4. The Kier molecular flexibility index (Phi) is 18.4. The number of nitrogens with zero attached hydrogens (tertiary/aromatic N) is 1. The second-order valence-corrected chi connectivity index (χ2v) is 7.48. The van der Waals surface area contributed by atoms with Gasteiger partial charge in [0, 0.05) is 0 Å². The minimum Gasteiger partial charge on any atom is -0.303 e. The average molecular weight is 380 g/mol. The van der Waals surface area contributed by atoms with Crippen LogP contribution >= 0.6 is 11.6 Å². The van der Waals surface area contributed by atoms with Gasteiger partial charge in [-0.2, -0.15) is 0 Å². The molecule has 1 aromatic rings. The van der Waals surface area contributed by atoms with E-state index in [0.717, 1.165) is 5.56 Å². The minimum atomic E-state index is -0.0544. The predicted molar refractivity (Wildman–Crippen MR) is 120 cm³/mol. The molecule has 0 heterocycles. The van der Waals surface area contributed by atoms with Crippen LogP contribution in [-0.4, -0.2) is 24.5 Å². The fourth-order valence-corrected chi connectivity index (χ4v) is 3.01. The van der Waals surface area contributed by atoms with Crippen LogP contribution in [0.3, 0.4) is 0 Å². The van der Waals surface area contributed by atoms with Gasteiger partial charge in [-0.05, 0) is 44.5 Å². The first-order chi connectivity index (χ1) is 12.7. The lowest BCUT2D eigenvalue weighted by molar-refractivity contribution is 0.256. The van der Waals surface area contributed by atoms with Gasteiger partial charge in [-0.1, -0.05) is 95.7 Å². The van der Waals surface area contributed by atoms with E-state index in [1.165, 1.54) is 77.4 Å². The van der Waals surface area contributed by atoms with E-state index in [4.69, 9.17) is 11.6 Å². The highest BCUT2D eigenvalue weighted by Crippen LogP contribution is 2.19. The maximum atomic E-state index is 5.87. The molecule has 1 rings (SSSR count). The summed E-state index contributed by atoms with van der Waals surface area (Å²) in [5, 5.41) is -0.0544. The standard InChI is InChI=1S/C15H33N.C9H9Cl/c1-4-7-10-13-16(14-11-8-5-2)15-12-9-6-3;1-2-9(10)8-6-4-3-5-7-8/h4-15H2,1-3H3;2-7,9H,1H2. The molecule has 0 fully saturated rings. The molecule has 26 heavy (non-hydrogen) atoms. The molecule has 0 saturated heterocycles. The maximum absolute atomic E-state index is 5.87. The maximum Gasteiger partial charge on any atom is 0.0763 e. The van der Waals surface area contributed by atoms with Crippen molar-refractivity contribution in [2.24, 2.45) is 0 Å². The second-order valence-electron chi connectivity index (χ2n) is 7.01. The van der Waals surface area contributed by atoms with Gasteiger partial charge in [0.1, 0.15) is 0 Å². The molecule has 1 atom stereocenters. The van der Waals surface area contributed by atoms with E-state index in [9.17, 15) is 0 Å². The molecule has 0 aromatic heterocycles. The summed E-state index contributed by atoms with van der Waals surface area (Å²) in [5.41, 5.74) is 1.10. The summed E-state index contributed by atoms with van der Waals surface area (Å²) in [7, 11) is 0. The molecule has 0 bridgehead atoms. The summed E-state index contributed by atoms with van der Waals surface area (Å²) in [4.78, 5) is 2.70. The van der Waals surface area contributed by atoms with Crippen LogP contribution in [-0.2, 0) is 0 Å². The van der Waals surface area contributed by atoms with Gasteiger partial charge >= 0.3 is 0 Å². The van der Waals surface area contributed by atoms with Crippen molar-refractivity contribution in [1.29, 1.82) is 0 Å². The quantitative estimate of drug-likeness (QED) is 0.180. The lowest BCUT2D eigenvalue weighted by atomic mass is 10.1. The summed E-state index contributed by atoms with van der Waals surface area (Å²) in [6, 6.07) is 9.87. The molecule has 0 radical (unpaired) electrons. The first-order valence-electron chi connectivity index (χ1n) is 10.7. The molecular formula is C24H42ClN. The van der Waals surface area contributed by atoms with Gasteiger partial charge in [-0.15, -0.1) is 18.2 Å². The summed E-state index contributed by atoms with van der Waals surface area (Å²) in [5.74, 6) is 0. The van der Waals surface area contributed by atoms with Gasteiger partial charge < -0.3 is 4.90 Å². The summed E-state index contributed by atoms with van der Waals surface area (Å²) < 4.78 is 0. The molecule has 2 heteroatoms. The highest BCUT2D eigenvalue weighted by atomic mass is 35.5. The summed E-state index contributed by atoms with van der Waals surface area (Å²) >= 11 is 5.87. The summed E-state index contributed by atoms with van der Waals surface area (Å²) in [6.07, 6.45) is 14.1. The molecule has 0 N–H and O–H groups in total. The van der Waals surface area contributed by atoms with E-state index < -0.39 is 0 Å². The number of benzene rings is 1. The van der Waals surface area contributed by atoms with Crippen molar-refractivity contribution in [2.45, 2.75) is 83.9 Å². The normalized spacial score (nSPS) is 11.7. The Hall–Kier alpha value is -0.790. The predicted octanol–water partition coefficient (Wildman–Crippen LogP) is 8.01. The molecule has 0 spiro atoms. The van der Waals surface area contributed by atoms with Crippen molar-refractivity contribution >= 4 is 11.6 Å². The molecule has 150 valence electrons. The number of allylic oxidation sites excluding steroid dienone is 1. The molecule has 1 unspecified atom stereocenters. The van der Waals surface area contributed by atoms with Gasteiger partial charge in [0.05, 0.1) is 5.38 Å². The van der Waals surface area contributed by atoms with Crippen LogP contribution in [0.15, 0.2) is 43.0 Å². The lowest BCUT2D eigenvalue weighted by Gasteiger charge is -2.22. The smallest absolute Gasteiger partial charge is 0.0763 e. The van der Waals surface area contributed by atoms with Crippen molar-refractivity contribution in [3.63, 3.8) is 0 Å². The molecule has 1 nitrogen and oxygen atoms in total. The van der Waals surface area contributed by atoms with Gasteiger partial charge in [-0.3, -0.25) is 0 Å². The van der Waals surface area contributed by atoms with Crippen LogP contribution in [0.1, 0.15) is 89.5 Å². The highest BCUT2D eigenvalue weighted by Gasteiger charge is 2.03. The van der Waals surface area contributed by atoms with Gasteiger partial charge in [0.25, 0.3) is 0 Å². The van der Waals surface area contributed by atoms with E-state index in [1.807, 2.05) is 30.3 Å². The first-order valence-corrected chi connectivity index (χ1v) is 11.2. The number of halogens is 1. The third-order valence-electron chi connectivity index (χ3n) is 4.56. The number of alkyl halides is 1. The monoisotopic (exact) mass is 379 g/mol. The van der Waals surface area contributed by atoms with E-state index >= 15 is 0 Å². The van der Waals surface area contributed by atoms with Gasteiger partial charge in [0.15, 0.2) is 0 Å². The SMILES string of the molecule is C=CC(Cl)c1ccccc1.CCCCCN(CCCCC)CCCCC. The van der Waals surface area contributed by atoms with Crippen LogP contribution in [0, 0.1) is 0 Å². The van der Waals surface area contributed by atoms with Crippen LogP contribution in [0.2, 0.25) is 0 Å². The van der Waals surface area contributed by atoms with Gasteiger partial charge in [-0.25, -0.2) is 0 Å². The number of unbranched alkanes of at least 4 members (excludes halogenated alkanes) is 6. The summed E-state index contributed by atoms with van der Waals surface area (Å²) in [6.45, 7) is 14.5. The van der Waals surface area contributed by atoms with Crippen molar-refractivity contribution < 1.29 is 0 Å². The van der Waals surface area contributed by atoms with Crippen molar-refractivity contribution in [1.82, 2.24) is 4.90 Å². The molecule has 0 saturated carbocycles. The topological polar surface area (TPSA) is 3.24 Å². The highest BCUT2D eigenvalue weighted by molar-refractivity contribution is 6.21. The minimum absolute atomic E-state index is 0.0544. The van der Waals surface area contributed by atoms with Crippen LogP contribution in [0.25, 0.3) is 0 Å². The fourth-order valence-electron chi connectivity index (χ4n) is 2.86. The zero-order chi connectivity index (χ0) is 19.5. The number of rotatable bonds is 14. The van der Waals surface area contributed by atoms with Gasteiger partial charge in [0.2, 0.25) is 0 Å². The molecule has 0 aliphatic carbocycles. The fraction of sp³-hybridized carbons (Fsp3) is 0.667. The lowest BCUT2D eigenvalue weighted by Crippen LogP contribution is -2.27. The number of hydrogen-bond acceptors (Lipinski definition) is 1. The zero-order valence-electron chi connectivity index (χ0n) is 17.6.